The zero-order valence-corrected chi connectivity index (χ0v) is 81.9. The topological polar surface area (TPSA) is 130 Å². The van der Waals surface area contributed by atoms with Gasteiger partial charge in [-0.2, -0.15) is 0 Å². The lowest BCUT2D eigenvalue weighted by Crippen LogP contribution is -2.21. The Labute approximate surface area is 847 Å². The molecular formula is C133H85N8O3P3. The molecule has 3 aliphatic rings. The Morgan fingerprint density at radius 3 is 0.816 bits per heavy atom. The van der Waals surface area contributed by atoms with Crippen LogP contribution in [0.4, 0.5) is 0 Å². The SMILES string of the molecule is O=P1(c2ccccc2)c2ccc3ccccc3c2-c2ccc3c(c21)c1ccccc1n3-c1cc(-c2ccccc2)nc(-c2ccccc2)c1.O=P1(c2ccccc2)c2ccc3ccccc3c2-c2ccc3c(c21)c1ccccc1n3-c1cc(-c2ccccc2)nc(-c2ccccc2)n1.O=P1(c2ccccc2)c2ccc3ccccc3c2-c2ccc3c(c21)c1ccccc1n3-c1nc(-c2ccccc2)cc(-c2ccccc2)n1. The zero-order chi connectivity index (χ0) is 97.6. The molecule has 3 unspecified atom stereocenters. The fourth-order valence-electron chi connectivity index (χ4n) is 23.2. The molecule has 9 heterocycles. The predicted molar refractivity (Wildman–Crippen MR) is 612 cm³/mol. The van der Waals surface area contributed by atoms with Gasteiger partial charge in [0.15, 0.2) is 27.3 Å². The van der Waals surface area contributed by atoms with Gasteiger partial charge in [-0.15, -0.1) is 0 Å². The lowest BCUT2D eigenvalue weighted by molar-refractivity contribution is 0.592. The molecule has 0 N–H and O–H groups in total. The first kappa shape index (κ1) is 86.7. The van der Waals surface area contributed by atoms with Crippen LogP contribution in [0.5, 0.6) is 0 Å². The third-order valence-corrected chi connectivity index (χ3v) is 39.1. The van der Waals surface area contributed by atoms with E-state index in [0.717, 1.165) is 252 Å². The van der Waals surface area contributed by atoms with Crippen molar-refractivity contribution in [3.8, 4) is 119 Å². The van der Waals surface area contributed by atoms with Crippen molar-refractivity contribution < 1.29 is 13.7 Å². The second-order valence-electron chi connectivity index (χ2n) is 37.7. The van der Waals surface area contributed by atoms with Crippen molar-refractivity contribution in [1.29, 1.82) is 0 Å². The number of nitrogens with zero attached hydrogens (tertiary/aromatic N) is 8. The second-order valence-corrected chi connectivity index (χ2v) is 45.7. The standard InChI is InChI=1S/C45H29N2OP.2C44H28N3OP/c48-49(34-19-8-3-9-20-34)42-27-24-30-14-10-11-21-35(30)43(42)37-25-26-41-44(45(37)49)36-22-12-13-23-40(36)47(41)33-28-38(31-15-4-1-5-16-31)46-39(29-33)32-17-6-2-7-18-32;48-49(32-19-8-3-9-20-32)40-27-24-29-14-10-11-21-33(29)41(40)35-25-26-39-42(43(35)49)34-22-12-13-23-38(34)47(39)44-45-36(30-15-4-1-5-16-30)28-37(46-44)31-17-6-2-7-18-31;48-49(32-19-8-3-9-20-32)39-27-24-29-14-10-11-21-33(29)41(39)35-25-26-38-42(43(35)49)34-22-12-13-23-37(34)47(38)40-28-36(30-15-4-1-5-16-30)45-44(46-40)31-17-6-2-7-18-31/h1-29H;2*1-28H. The van der Waals surface area contributed by atoms with Crippen LogP contribution < -0.4 is 47.7 Å². The van der Waals surface area contributed by atoms with Crippen molar-refractivity contribution in [2.75, 3.05) is 0 Å². The molecule has 0 fully saturated rings. The molecule has 0 aliphatic carbocycles. The first-order valence-corrected chi connectivity index (χ1v) is 54.6. The van der Waals surface area contributed by atoms with Crippen molar-refractivity contribution in [3.05, 3.63) is 516 Å². The quantitative estimate of drug-likeness (QED) is 0.111. The number of fused-ring (bicyclic) bond motifs is 27. The molecule has 27 aromatic rings. The van der Waals surface area contributed by atoms with Crippen LogP contribution in [-0.4, -0.2) is 38.6 Å². The highest BCUT2D eigenvalue weighted by atomic mass is 31.2. The van der Waals surface area contributed by atoms with Gasteiger partial charge in [-0.3, -0.25) is 9.13 Å². The Balaban J connectivity index is 0.000000107. The Bertz CT molecular complexity index is 9120. The van der Waals surface area contributed by atoms with Gasteiger partial charge in [0, 0.05) is 136 Å². The van der Waals surface area contributed by atoms with E-state index in [1.807, 2.05) is 188 Å². The minimum absolute atomic E-state index is 0.571. The highest BCUT2D eigenvalue weighted by Gasteiger charge is 2.48. The van der Waals surface area contributed by atoms with E-state index in [-0.39, 0.29) is 0 Å². The molecule has 147 heavy (non-hydrogen) atoms. The van der Waals surface area contributed by atoms with Crippen LogP contribution in [0.3, 0.4) is 0 Å². The molecule has 3 atom stereocenters. The van der Waals surface area contributed by atoms with E-state index in [2.05, 4.69) is 341 Å². The molecule has 11 nitrogen and oxygen atoms in total. The summed E-state index contributed by atoms with van der Waals surface area (Å²) in [5.74, 6) is 1.98. The molecule has 0 bridgehead atoms. The fourth-order valence-corrected chi connectivity index (χ4v) is 33.0. The highest BCUT2D eigenvalue weighted by Crippen LogP contribution is 2.61. The maximum absolute atomic E-state index is 16.2. The van der Waals surface area contributed by atoms with Crippen molar-refractivity contribution in [2.24, 2.45) is 0 Å². The summed E-state index contributed by atoms with van der Waals surface area (Å²) in [5.41, 5.74) is 23.7. The van der Waals surface area contributed by atoms with Crippen molar-refractivity contribution >= 4 is 167 Å². The number of aromatic nitrogens is 8. The summed E-state index contributed by atoms with van der Waals surface area (Å²) >= 11 is 0. The van der Waals surface area contributed by atoms with Crippen LogP contribution in [-0.2, 0) is 13.7 Å². The Morgan fingerprint density at radius 1 is 0.190 bits per heavy atom. The van der Waals surface area contributed by atoms with Gasteiger partial charge in [-0.05, 0) is 122 Å². The van der Waals surface area contributed by atoms with E-state index in [9.17, 15) is 0 Å². The van der Waals surface area contributed by atoms with Gasteiger partial charge in [-0.25, -0.2) is 24.9 Å². The van der Waals surface area contributed by atoms with E-state index in [1.165, 1.54) is 0 Å². The molecular weight excluding hydrogens is 1850 g/mol. The summed E-state index contributed by atoms with van der Waals surface area (Å²) in [6.07, 6.45) is 0. The average Bonchev–Trinajstić information content (AvgIpc) is 1.53. The molecule has 6 aromatic heterocycles. The molecule has 0 saturated heterocycles. The second kappa shape index (κ2) is 34.9. The van der Waals surface area contributed by atoms with Crippen LogP contribution in [0, 0.1) is 0 Å². The van der Waals surface area contributed by atoms with Crippen molar-refractivity contribution in [2.45, 2.75) is 0 Å². The monoisotopic (exact) mass is 1930 g/mol. The smallest absolute Gasteiger partial charge is 0.235 e. The average molecular weight is 1940 g/mol. The summed E-state index contributed by atoms with van der Waals surface area (Å²) in [6.45, 7) is 0. The van der Waals surface area contributed by atoms with E-state index >= 15 is 13.7 Å². The van der Waals surface area contributed by atoms with Crippen molar-refractivity contribution in [1.82, 2.24) is 38.6 Å². The van der Waals surface area contributed by atoms with E-state index < -0.39 is 21.4 Å². The molecule has 0 radical (unpaired) electrons. The van der Waals surface area contributed by atoms with Crippen LogP contribution in [0.25, 0.3) is 216 Å². The normalized spacial score (nSPS) is 15.1. The maximum Gasteiger partial charge on any atom is 0.235 e. The van der Waals surface area contributed by atoms with Gasteiger partial charge in [0.25, 0.3) is 0 Å². The third kappa shape index (κ3) is 13.7. The largest absolute Gasteiger partial charge is 0.309 e. The third-order valence-electron chi connectivity index (χ3n) is 29.6. The maximum atomic E-state index is 16.2. The molecule has 0 saturated carbocycles. The first-order valence-electron chi connectivity index (χ1n) is 49.5. The molecule has 3 aliphatic heterocycles. The Hall–Kier alpha value is -18.2. The molecule has 0 spiro atoms. The summed E-state index contributed by atoms with van der Waals surface area (Å²) in [5, 5.41) is 20.9. The lowest BCUT2D eigenvalue weighted by Gasteiger charge is -2.17. The minimum atomic E-state index is -3.30. The molecule has 14 heteroatoms. The van der Waals surface area contributed by atoms with Crippen LogP contribution in [0.2, 0.25) is 0 Å². The van der Waals surface area contributed by atoms with Gasteiger partial charge in [0.1, 0.15) is 5.82 Å². The van der Waals surface area contributed by atoms with Crippen LogP contribution in [0.15, 0.2) is 516 Å². The van der Waals surface area contributed by atoms with Gasteiger partial charge in [0.2, 0.25) is 5.95 Å². The number of para-hydroxylation sites is 3. The van der Waals surface area contributed by atoms with E-state index in [0.29, 0.717) is 11.8 Å². The van der Waals surface area contributed by atoms with Crippen LogP contribution >= 0.6 is 21.4 Å². The summed E-state index contributed by atoms with van der Waals surface area (Å²) in [6, 6.07) is 177. The fraction of sp³-hybridized carbons (Fsp3) is 0. The molecule has 0 amide bonds. The van der Waals surface area contributed by atoms with Crippen molar-refractivity contribution in [3.63, 3.8) is 0 Å². The summed E-state index contributed by atoms with van der Waals surface area (Å²) in [7, 11) is -9.87. The van der Waals surface area contributed by atoms with Gasteiger partial charge < -0.3 is 18.3 Å². The number of pyridine rings is 1. The van der Waals surface area contributed by atoms with Gasteiger partial charge in [0.05, 0.1) is 67.3 Å². The number of hydrogen-bond acceptors (Lipinski definition) is 8. The first-order chi connectivity index (χ1) is 72.6. The summed E-state index contributed by atoms with van der Waals surface area (Å²) in [4.78, 5) is 25.9. The molecule has 30 rings (SSSR count). The van der Waals surface area contributed by atoms with Gasteiger partial charge in [-0.1, -0.05) is 437 Å². The minimum Gasteiger partial charge on any atom is -0.309 e. The lowest BCUT2D eigenvalue weighted by atomic mass is 9.97. The molecule has 21 aromatic carbocycles. The zero-order valence-electron chi connectivity index (χ0n) is 79.2. The Kier molecular flexibility index (Phi) is 20.5. The number of rotatable bonds is 12. The summed E-state index contributed by atoms with van der Waals surface area (Å²) < 4.78 is 55.2. The van der Waals surface area contributed by atoms with Gasteiger partial charge >= 0.3 is 0 Å². The van der Waals surface area contributed by atoms with E-state index in [1.54, 1.807) is 0 Å². The number of benzene rings is 21. The number of hydrogen-bond donors (Lipinski definition) is 0. The van der Waals surface area contributed by atoms with E-state index in [4.69, 9.17) is 24.9 Å². The van der Waals surface area contributed by atoms with Crippen LogP contribution in [0.1, 0.15) is 0 Å². The highest BCUT2D eigenvalue weighted by molar-refractivity contribution is 7.88. The Morgan fingerprint density at radius 2 is 0.463 bits per heavy atom. The predicted octanol–water partition coefficient (Wildman–Crippen LogP) is 29.6. The molecule has 690 valence electrons.